The van der Waals surface area contributed by atoms with E-state index in [1.807, 2.05) is 17.2 Å². The van der Waals surface area contributed by atoms with Gasteiger partial charge in [0, 0.05) is 5.75 Å². The molecule has 0 atom stereocenters. The van der Waals surface area contributed by atoms with Crippen molar-refractivity contribution in [1.82, 2.24) is 0 Å². The lowest BCUT2D eigenvalue weighted by molar-refractivity contribution is 1.24. The van der Waals surface area contributed by atoms with Gasteiger partial charge >= 0.3 is 0 Å². The van der Waals surface area contributed by atoms with E-state index in [9.17, 15) is 0 Å². The van der Waals surface area contributed by atoms with Crippen molar-refractivity contribution in [3.05, 3.63) is 11.5 Å². The Bertz CT molecular complexity index is 41.6. The highest BCUT2D eigenvalue weighted by atomic mass is 32.2. The molecule has 1 heterocycles. The van der Waals surface area contributed by atoms with Crippen LogP contribution in [-0.2, 0) is 0 Å². The summed E-state index contributed by atoms with van der Waals surface area (Å²) in [4.78, 5) is 0. The summed E-state index contributed by atoms with van der Waals surface area (Å²) in [5.74, 6) is 1.25. The summed E-state index contributed by atoms with van der Waals surface area (Å²) < 4.78 is 0. The fourth-order valence-electron chi connectivity index (χ4n) is 0.295. The Balaban J connectivity index is 2.32. The van der Waals surface area contributed by atoms with Gasteiger partial charge in [0.25, 0.3) is 0 Å². The van der Waals surface area contributed by atoms with E-state index in [0.717, 1.165) is 6.42 Å². The molecule has 0 fully saturated rings. The van der Waals surface area contributed by atoms with Crippen LogP contribution in [0.4, 0.5) is 0 Å². The zero-order chi connectivity index (χ0) is 3.54. The molecule has 0 N–H and O–H groups in total. The minimum absolute atomic E-state index is 1.16. The van der Waals surface area contributed by atoms with Crippen molar-refractivity contribution < 1.29 is 0 Å². The third-order valence-electron chi connectivity index (χ3n) is 0.531. The fourth-order valence-corrected chi connectivity index (χ4v) is 0.884. The molecule has 0 aromatic heterocycles. The van der Waals surface area contributed by atoms with Gasteiger partial charge in [0.2, 0.25) is 0 Å². The van der Waals surface area contributed by atoms with Crippen molar-refractivity contribution in [2.75, 3.05) is 5.75 Å². The molecule has 1 aliphatic heterocycles. The second kappa shape index (κ2) is 1.51. The molecule has 1 aliphatic rings. The second-order valence-electron chi connectivity index (χ2n) is 0.943. The first kappa shape index (κ1) is 3.29. The van der Waals surface area contributed by atoms with E-state index < -0.39 is 0 Å². The Labute approximate surface area is 36.3 Å². The van der Waals surface area contributed by atoms with Gasteiger partial charge in [-0.3, -0.25) is 0 Å². The van der Waals surface area contributed by atoms with E-state index >= 15 is 0 Å². The van der Waals surface area contributed by atoms with Gasteiger partial charge in [0.15, 0.2) is 0 Å². The van der Waals surface area contributed by atoms with E-state index in [0.29, 0.717) is 0 Å². The first-order valence-electron chi connectivity index (χ1n) is 1.67. The molecule has 27 valence electrons. The summed E-state index contributed by atoms with van der Waals surface area (Å²) >= 11 is 1.84. The van der Waals surface area contributed by atoms with Crippen molar-refractivity contribution in [2.24, 2.45) is 0 Å². The molecule has 0 aromatic rings. The third-order valence-corrected chi connectivity index (χ3v) is 1.30. The molecule has 0 aromatic carbocycles. The number of allylic oxidation sites excluding steroid dienone is 1. The molecule has 0 saturated carbocycles. The average Bonchev–Trinajstić information content (AvgIpc) is 1.76. The Hall–Kier alpha value is 0.0900. The Kier molecular flexibility index (Phi) is 0.991. The summed E-state index contributed by atoms with van der Waals surface area (Å²) in [7, 11) is 0. The lowest BCUT2D eigenvalue weighted by Crippen LogP contribution is -1.57. The van der Waals surface area contributed by atoms with Crippen LogP contribution in [0.1, 0.15) is 6.42 Å². The van der Waals surface area contributed by atoms with Gasteiger partial charge in [0.05, 0.1) is 0 Å². The van der Waals surface area contributed by atoms with E-state index in [4.69, 9.17) is 0 Å². The smallest absolute Gasteiger partial charge is 0.00150 e. The summed E-state index contributed by atoms with van der Waals surface area (Å²) in [6, 6.07) is 0. The summed E-state index contributed by atoms with van der Waals surface area (Å²) in [6.07, 6.45) is 4.22. The first-order chi connectivity index (χ1) is 2.50. The molecule has 5 heavy (non-hydrogen) atoms. The molecule has 0 nitrogen and oxygen atoms in total. The van der Waals surface area contributed by atoms with Crippen LogP contribution >= 0.6 is 11.8 Å². The van der Waals surface area contributed by atoms with Crippen LogP contribution in [-0.4, -0.2) is 5.75 Å². The van der Waals surface area contributed by atoms with Crippen LogP contribution < -0.4 is 0 Å². The van der Waals surface area contributed by atoms with E-state index in [-0.39, 0.29) is 0 Å². The largest absolute Gasteiger partial charge is 0.133 e. The van der Waals surface area contributed by atoms with Gasteiger partial charge in [-0.25, -0.2) is 0 Å². The standard InChI is InChI=1S/C4H5S/c1-2-4-5-3-1/h4H,1,3H2. The van der Waals surface area contributed by atoms with Crippen molar-refractivity contribution in [2.45, 2.75) is 6.42 Å². The molecule has 0 saturated heterocycles. The van der Waals surface area contributed by atoms with Gasteiger partial charge in [0.1, 0.15) is 0 Å². The van der Waals surface area contributed by atoms with Crippen molar-refractivity contribution in [3.8, 4) is 0 Å². The van der Waals surface area contributed by atoms with E-state index in [1.54, 1.807) is 0 Å². The van der Waals surface area contributed by atoms with Crippen molar-refractivity contribution in [3.63, 3.8) is 0 Å². The normalized spacial score (nSPS) is 20.8. The topological polar surface area (TPSA) is 0 Å². The summed E-state index contributed by atoms with van der Waals surface area (Å²) in [5, 5.41) is 2.03. The maximum Gasteiger partial charge on any atom is 0.00150 e. The lowest BCUT2D eigenvalue weighted by Gasteiger charge is -1.69. The highest BCUT2D eigenvalue weighted by Crippen LogP contribution is 2.10. The Morgan fingerprint density at radius 3 is 3.00 bits per heavy atom. The quantitative estimate of drug-likeness (QED) is 0.429. The maximum absolute atomic E-state index is 3.06. The molecule has 1 heteroatoms. The predicted octanol–water partition coefficient (Wildman–Crippen LogP) is 1.44. The van der Waals surface area contributed by atoms with Gasteiger partial charge in [-0.2, -0.15) is 0 Å². The van der Waals surface area contributed by atoms with Gasteiger partial charge in [-0.15, -0.1) is 11.8 Å². The molecule has 0 bridgehead atoms. The van der Waals surface area contributed by atoms with E-state index in [2.05, 4.69) is 6.08 Å². The SMILES string of the molecule is [C]1=CSCC1. The van der Waals surface area contributed by atoms with E-state index in [1.165, 1.54) is 5.75 Å². The predicted molar refractivity (Wildman–Crippen MR) is 24.9 cm³/mol. The van der Waals surface area contributed by atoms with Gasteiger partial charge < -0.3 is 0 Å². The molecule has 0 amide bonds. The van der Waals surface area contributed by atoms with Crippen molar-refractivity contribution >= 4 is 11.8 Å². The van der Waals surface area contributed by atoms with Crippen LogP contribution in [0.15, 0.2) is 5.41 Å². The Morgan fingerprint density at radius 1 is 1.80 bits per heavy atom. The molecular weight excluding hydrogens is 80.1 g/mol. The number of rotatable bonds is 0. The van der Waals surface area contributed by atoms with Crippen LogP contribution in [0.25, 0.3) is 0 Å². The molecule has 1 rings (SSSR count). The number of thioether (sulfide) groups is 1. The minimum Gasteiger partial charge on any atom is -0.133 e. The van der Waals surface area contributed by atoms with Crippen molar-refractivity contribution in [1.29, 1.82) is 0 Å². The molecule has 0 aliphatic carbocycles. The average molecular weight is 85.2 g/mol. The summed E-state index contributed by atoms with van der Waals surface area (Å²) in [6.45, 7) is 0. The second-order valence-corrected chi connectivity index (χ2v) is 1.92. The van der Waals surface area contributed by atoms with Crippen LogP contribution in [0.2, 0.25) is 0 Å². The Morgan fingerprint density at radius 2 is 2.80 bits per heavy atom. The zero-order valence-corrected chi connectivity index (χ0v) is 3.72. The molecule has 1 radical (unpaired) electrons. The van der Waals surface area contributed by atoms with Crippen LogP contribution in [0.5, 0.6) is 0 Å². The highest BCUT2D eigenvalue weighted by Gasteiger charge is 1.86. The number of hydrogen-bond acceptors (Lipinski definition) is 1. The molecular formula is C4H5S. The summed E-state index contributed by atoms with van der Waals surface area (Å²) in [5.41, 5.74) is 0. The van der Waals surface area contributed by atoms with Crippen LogP contribution in [0, 0.1) is 6.08 Å². The first-order valence-corrected chi connectivity index (χ1v) is 2.72. The highest BCUT2D eigenvalue weighted by molar-refractivity contribution is 8.02. The van der Waals surface area contributed by atoms with Crippen LogP contribution in [0.3, 0.4) is 0 Å². The van der Waals surface area contributed by atoms with Gasteiger partial charge in [-0.05, 0) is 17.9 Å². The minimum atomic E-state index is 1.16. The maximum atomic E-state index is 3.06. The molecule has 0 unspecified atom stereocenters. The molecule has 0 spiro atoms. The monoisotopic (exact) mass is 85.0 g/mol. The number of hydrogen-bond donors (Lipinski definition) is 0. The lowest BCUT2D eigenvalue weighted by atomic mass is 10.5. The fraction of sp³-hybridized carbons (Fsp3) is 0.500. The zero-order valence-electron chi connectivity index (χ0n) is 2.90. The third kappa shape index (κ3) is 0.690. The van der Waals surface area contributed by atoms with Gasteiger partial charge in [-0.1, -0.05) is 0 Å².